The van der Waals surface area contributed by atoms with Crippen LogP contribution in [0.4, 0.5) is 0 Å². The van der Waals surface area contributed by atoms with Crippen molar-refractivity contribution < 1.29 is 14.3 Å². The van der Waals surface area contributed by atoms with E-state index in [1.54, 1.807) is 14.2 Å². The number of methoxy groups -OCH3 is 2. The predicted molar refractivity (Wildman–Crippen MR) is 86.5 cm³/mol. The first-order chi connectivity index (χ1) is 10.6. The van der Waals surface area contributed by atoms with E-state index in [0.717, 1.165) is 18.7 Å². The van der Waals surface area contributed by atoms with Crippen LogP contribution >= 0.6 is 0 Å². The van der Waals surface area contributed by atoms with Crippen molar-refractivity contribution in [1.29, 1.82) is 0 Å². The Morgan fingerprint density at radius 2 is 1.91 bits per heavy atom. The highest BCUT2D eigenvalue weighted by Crippen LogP contribution is 2.27. The molecule has 0 radical (unpaired) electrons. The number of amides is 1. The summed E-state index contributed by atoms with van der Waals surface area (Å²) in [6.07, 6.45) is 2.89. The molecule has 1 heterocycles. The molecule has 1 aliphatic rings. The van der Waals surface area contributed by atoms with Gasteiger partial charge in [0.1, 0.15) is 0 Å². The summed E-state index contributed by atoms with van der Waals surface area (Å²) in [6.45, 7) is 5.16. The zero-order valence-electron chi connectivity index (χ0n) is 13.7. The number of benzene rings is 1. The molecule has 1 N–H and O–H groups in total. The molecule has 0 saturated carbocycles. The number of hydrogen-bond acceptors (Lipinski definition) is 4. The number of nitrogens with one attached hydrogen (secondary N) is 1. The first-order valence-corrected chi connectivity index (χ1v) is 7.85. The highest BCUT2D eigenvalue weighted by molar-refractivity contribution is 5.78. The van der Waals surface area contributed by atoms with Crippen LogP contribution in [0.5, 0.6) is 11.5 Å². The molecule has 22 heavy (non-hydrogen) atoms. The van der Waals surface area contributed by atoms with Crippen molar-refractivity contribution in [3.05, 3.63) is 23.8 Å². The molecule has 1 aromatic rings. The lowest BCUT2D eigenvalue weighted by molar-refractivity contribution is -0.120. The molecule has 122 valence electrons. The van der Waals surface area contributed by atoms with Crippen molar-refractivity contribution in [2.45, 2.75) is 32.2 Å². The molecule has 0 spiro atoms. The fraction of sp³-hybridized carbons (Fsp3) is 0.588. The molecule has 1 amide bonds. The second-order valence-electron chi connectivity index (χ2n) is 5.76. The van der Waals surface area contributed by atoms with Crippen LogP contribution in [0, 0.1) is 0 Å². The van der Waals surface area contributed by atoms with Crippen LogP contribution in [0.15, 0.2) is 18.2 Å². The highest BCUT2D eigenvalue weighted by Gasteiger charge is 2.18. The lowest BCUT2D eigenvalue weighted by atomic mass is 10.1. The summed E-state index contributed by atoms with van der Waals surface area (Å²) >= 11 is 0. The van der Waals surface area contributed by atoms with Gasteiger partial charge >= 0.3 is 0 Å². The van der Waals surface area contributed by atoms with Crippen LogP contribution in [0.2, 0.25) is 0 Å². The number of likely N-dealkylation sites (tertiary alicyclic amines) is 1. The van der Waals surface area contributed by atoms with Gasteiger partial charge in [0.25, 0.3) is 0 Å². The molecule has 0 aliphatic carbocycles. The van der Waals surface area contributed by atoms with E-state index in [4.69, 9.17) is 9.47 Å². The van der Waals surface area contributed by atoms with E-state index in [0.29, 0.717) is 30.5 Å². The highest BCUT2D eigenvalue weighted by atomic mass is 16.5. The van der Waals surface area contributed by atoms with Gasteiger partial charge in [0, 0.05) is 12.6 Å². The fourth-order valence-corrected chi connectivity index (χ4v) is 2.81. The minimum absolute atomic E-state index is 0.0401. The number of nitrogens with zero attached hydrogens (tertiary/aromatic N) is 1. The van der Waals surface area contributed by atoms with E-state index < -0.39 is 0 Å². The molecule has 1 saturated heterocycles. The Hall–Kier alpha value is -1.75. The number of carbonyl (C=O) groups excluding carboxylic acids is 1. The van der Waals surface area contributed by atoms with E-state index in [1.165, 1.54) is 12.8 Å². The molecular weight excluding hydrogens is 280 g/mol. The molecule has 5 nitrogen and oxygen atoms in total. The van der Waals surface area contributed by atoms with E-state index in [9.17, 15) is 4.79 Å². The minimum Gasteiger partial charge on any atom is -0.493 e. The van der Waals surface area contributed by atoms with Crippen LogP contribution < -0.4 is 14.8 Å². The minimum atomic E-state index is 0.0401. The number of carbonyl (C=O) groups is 1. The largest absolute Gasteiger partial charge is 0.493 e. The monoisotopic (exact) mass is 306 g/mol. The maximum atomic E-state index is 12.1. The molecule has 1 atom stereocenters. The Labute approximate surface area is 132 Å². The third-order valence-electron chi connectivity index (χ3n) is 4.17. The van der Waals surface area contributed by atoms with E-state index in [1.807, 2.05) is 18.2 Å². The SMILES string of the molecule is COc1ccc(CC(=O)NCC(C)N2CCCC2)cc1OC. The smallest absolute Gasteiger partial charge is 0.224 e. The fourth-order valence-electron chi connectivity index (χ4n) is 2.81. The standard InChI is InChI=1S/C17H26N2O3/c1-13(19-8-4-5-9-19)12-18-17(20)11-14-6-7-15(21-2)16(10-14)22-3/h6-7,10,13H,4-5,8-9,11-12H2,1-3H3,(H,18,20). The van der Waals surface area contributed by atoms with Crippen molar-refractivity contribution in [2.24, 2.45) is 0 Å². The van der Waals surface area contributed by atoms with Crippen molar-refractivity contribution >= 4 is 5.91 Å². The molecule has 2 rings (SSSR count). The van der Waals surface area contributed by atoms with Gasteiger partial charge in [0.15, 0.2) is 11.5 Å². The first-order valence-electron chi connectivity index (χ1n) is 7.85. The van der Waals surface area contributed by atoms with E-state index >= 15 is 0 Å². The zero-order valence-corrected chi connectivity index (χ0v) is 13.7. The topological polar surface area (TPSA) is 50.8 Å². The summed E-state index contributed by atoms with van der Waals surface area (Å²) in [4.78, 5) is 14.5. The number of rotatable bonds is 7. The molecule has 0 aromatic heterocycles. The van der Waals surface area contributed by atoms with Crippen molar-refractivity contribution in [3.8, 4) is 11.5 Å². The summed E-state index contributed by atoms with van der Waals surface area (Å²) in [6, 6.07) is 5.97. The first kappa shape index (κ1) is 16.6. The molecule has 5 heteroatoms. The molecular formula is C17H26N2O3. The van der Waals surface area contributed by atoms with Crippen LogP contribution in [-0.2, 0) is 11.2 Å². The van der Waals surface area contributed by atoms with E-state index in [-0.39, 0.29) is 5.91 Å². The quantitative estimate of drug-likeness (QED) is 0.835. The average Bonchev–Trinajstić information content (AvgIpc) is 3.07. The van der Waals surface area contributed by atoms with Gasteiger partial charge in [0.2, 0.25) is 5.91 Å². The van der Waals surface area contributed by atoms with Gasteiger partial charge in [-0.15, -0.1) is 0 Å². The lowest BCUT2D eigenvalue weighted by Gasteiger charge is -2.23. The summed E-state index contributed by atoms with van der Waals surface area (Å²) in [5.74, 6) is 1.37. The lowest BCUT2D eigenvalue weighted by Crippen LogP contribution is -2.41. The summed E-state index contributed by atoms with van der Waals surface area (Å²) < 4.78 is 10.5. The second-order valence-corrected chi connectivity index (χ2v) is 5.76. The molecule has 1 aromatic carbocycles. The van der Waals surface area contributed by atoms with Crippen LogP contribution in [0.25, 0.3) is 0 Å². The maximum absolute atomic E-state index is 12.1. The molecule has 1 aliphatic heterocycles. The third kappa shape index (κ3) is 4.37. The Kier molecular flexibility index (Phi) is 6.07. The molecule has 0 bridgehead atoms. The summed E-state index contributed by atoms with van der Waals surface area (Å²) in [7, 11) is 3.20. The van der Waals surface area contributed by atoms with Gasteiger partial charge in [-0.05, 0) is 50.6 Å². The number of hydrogen-bond donors (Lipinski definition) is 1. The van der Waals surface area contributed by atoms with Gasteiger partial charge in [-0.3, -0.25) is 9.69 Å². The Bertz CT molecular complexity index is 499. The van der Waals surface area contributed by atoms with Gasteiger partial charge in [0.05, 0.1) is 20.6 Å². The third-order valence-corrected chi connectivity index (χ3v) is 4.17. The van der Waals surface area contributed by atoms with Gasteiger partial charge in [-0.2, -0.15) is 0 Å². The second kappa shape index (κ2) is 8.03. The Balaban J connectivity index is 1.83. The van der Waals surface area contributed by atoms with Crippen molar-refractivity contribution in [2.75, 3.05) is 33.9 Å². The normalized spacial score (nSPS) is 16.3. The Morgan fingerprint density at radius 1 is 1.23 bits per heavy atom. The van der Waals surface area contributed by atoms with E-state index in [2.05, 4.69) is 17.1 Å². The number of ether oxygens (including phenoxy) is 2. The van der Waals surface area contributed by atoms with Crippen LogP contribution in [0.3, 0.4) is 0 Å². The predicted octanol–water partition coefficient (Wildman–Crippen LogP) is 1.85. The maximum Gasteiger partial charge on any atom is 0.224 e. The van der Waals surface area contributed by atoms with Gasteiger partial charge < -0.3 is 14.8 Å². The molecule has 1 unspecified atom stereocenters. The summed E-state index contributed by atoms with van der Waals surface area (Å²) in [5.41, 5.74) is 0.920. The zero-order chi connectivity index (χ0) is 15.9. The van der Waals surface area contributed by atoms with Crippen molar-refractivity contribution in [1.82, 2.24) is 10.2 Å². The van der Waals surface area contributed by atoms with Crippen LogP contribution in [0.1, 0.15) is 25.3 Å². The summed E-state index contributed by atoms with van der Waals surface area (Å²) in [5, 5.41) is 3.02. The average molecular weight is 306 g/mol. The molecule has 1 fully saturated rings. The van der Waals surface area contributed by atoms with Gasteiger partial charge in [-0.25, -0.2) is 0 Å². The van der Waals surface area contributed by atoms with Gasteiger partial charge in [-0.1, -0.05) is 6.07 Å². The van der Waals surface area contributed by atoms with Crippen LogP contribution in [-0.4, -0.2) is 50.7 Å². The van der Waals surface area contributed by atoms with Crippen molar-refractivity contribution in [3.63, 3.8) is 0 Å². The Morgan fingerprint density at radius 3 is 2.55 bits per heavy atom.